The molecule has 110 valence electrons. The minimum atomic E-state index is 0. The van der Waals surface area contributed by atoms with Crippen LogP contribution in [0.5, 0.6) is 0 Å². The van der Waals surface area contributed by atoms with Gasteiger partial charge in [0.25, 0.3) is 0 Å². The van der Waals surface area contributed by atoms with Gasteiger partial charge in [0.2, 0.25) is 0 Å². The third-order valence-corrected chi connectivity index (χ3v) is 4.36. The van der Waals surface area contributed by atoms with Crippen molar-refractivity contribution in [3.8, 4) is 0 Å². The minimum absolute atomic E-state index is 0. The molecule has 0 radical (unpaired) electrons. The Kier molecular flexibility index (Phi) is 8.86. The highest BCUT2D eigenvalue weighted by Gasteiger charge is 2.21. The summed E-state index contributed by atoms with van der Waals surface area (Å²) < 4.78 is 1.23. The SMILES string of the molecule is CCN(CC[N+](CC)(CC)CC)c1ccccc1.[Cl-]. The van der Waals surface area contributed by atoms with E-state index in [1.54, 1.807) is 0 Å². The molecule has 0 aliphatic rings. The van der Waals surface area contributed by atoms with Gasteiger partial charge in [-0.05, 0) is 39.8 Å². The Labute approximate surface area is 125 Å². The zero-order valence-electron chi connectivity index (χ0n) is 12.9. The van der Waals surface area contributed by atoms with Gasteiger partial charge in [-0.3, -0.25) is 0 Å². The van der Waals surface area contributed by atoms with E-state index in [-0.39, 0.29) is 12.4 Å². The van der Waals surface area contributed by atoms with Crippen molar-refractivity contribution in [3.63, 3.8) is 0 Å². The quantitative estimate of drug-likeness (QED) is 0.625. The van der Waals surface area contributed by atoms with E-state index in [1.165, 1.54) is 36.3 Å². The predicted octanol–water partition coefficient (Wildman–Crippen LogP) is 0.393. The number of benzene rings is 1. The van der Waals surface area contributed by atoms with Gasteiger partial charge in [0, 0.05) is 12.2 Å². The highest BCUT2D eigenvalue weighted by Crippen LogP contribution is 2.14. The van der Waals surface area contributed by atoms with E-state index in [1.807, 2.05) is 0 Å². The van der Waals surface area contributed by atoms with Crippen LogP contribution in [-0.2, 0) is 0 Å². The second-order valence-electron chi connectivity index (χ2n) is 4.93. The number of likely N-dealkylation sites (N-methyl/N-ethyl adjacent to an activating group) is 2. The van der Waals surface area contributed by atoms with Crippen molar-refractivity contribution >= 4 is 5.69 Å². The van der Waals surface area contributed by atoms with E-state index >= 15 is 0 Å². The monoisotopic (exact) mass is 284 g/mol. The van der Waals surface area contributed by atoms with Crippen LogP contribution in [0.4, 0.5) is 5.69 Å². The summed E-state index contributed by atoms with van der Waals surface area (Å²) in [6.45, 7) is 16.4. The van der Waals surface area contributed by atoms with E-state index < -0.39 is 0 Å². The number of para-hydroxylation sites is 1. The molecule has 0 saturated carbocycles. The predicted molar refractivity (Wildman–Crippen MR) is 81.1 cm³/mol. The van der Waals surface area contributed by atoms with Gasteiger partial charge in [0.15, 0.2) is 0 Å². The fourth-order valence-electron chi connectivity index (χ4n) is 2.59. The molecule has 1 rings (SSSR count). The minimum Gasteiger partial charge on any atom is -1.00 e. The normalized spacial score (nSPS) is 10.9. The summed E-state index contributed by atoms with van der Waals surface area (Å²) in [5, 5.41) is 0. The largest absolute Gasteiger partial charge is 1.00 e. The van der Waals surface area contributed by atoms with Crippen LogP contribution in [0.1, 0.15) is 27.7 Å². The van der Waals surface area contributed by atoms with Crippen molar-refractivity contribution in [3.05, 3.63) is 30.3 Å². The number of hydrogen-bond acceptors (Lipinski definition) is 1. The van der Waals surface area contributed by atoms with Crippen molar-refractivity contribution < 1.29 is 16.9 Å². The number of halogens is 1. The molecule has 0 unspecified atom stereocenters. The average Bonchev–Trinajstić information content (AvgIpc) is 2.45. The van der Waals surface area contributed by atoms with Gasteiger partial charge >= 0.3 is 0 Å². The summed E-state index contributed by atoms with van der Waals surface area (Å²) >= 11 is 0. The first-order valence-corrected chi connectivity index (χ1v) is 7.36. The molecule has 0 spiro atoms. The molecule has 1 aromatic carbocycles. The Balaban J connectivity index is 0.00000324. The maximum Gasteiger partial charge on any atom is 0.0964 e. The van der Waals surface area contributed by atoms with Crippen LogP contribution in [0.3, 0.4) is 0 Å². The second-order valence-corrected chi connectivity index (χ2v) is 4.93. The number of hydrogen-bond donors (Lipinski definition) is 0. The molecule has 2 nitrogen and oxygen atoms in total. The first-order valence-electron chi connectivity index (χ1n) is 7.36. The topological polar surface area (TPSA) is 3.24 Å². The molecule has 0 aromatic heterocycles. The Morgan fingerprint density at radius 1 is 0.895 bits per heavy atom. The van der Waals surface area contributed by atoms with Crippen LogP contribution in [0, 0.1) is 0 Å². The molecule has 3 heteroatoms. The van der Waals surface area contributed by atoms with Crippen molar-refractivity contribution in [2.75, 3.05) is 44.2 Å². The standard InChI is InChI=1S/C16H29N2.ClH/c1-5-17(16-12-10-9-11-13-16)14-15-18(6-2,7-3)8-4;/h9-13H,5-8,14-15H2,1-4H3;1H/q+1;/p-1. The molecule has 0 fully saturated rings. The van der Waals surface area contributed by atoms with Gasteiger partial charge in [-0.2, -0.15) is 0 Å². The maximum absolute atomic E-state index is 2.48. The summed E-state index contributed by atoms with van der Waals surface area (Å²) in [6.07, 6.45) is 0. The van der Waals surface area contributed by atoms with E-state index in [0.29, 0.717) is 0 Å². The van der Waals surface area contributed by atoms with Crippen molar-refractivity contribution in [1.29, 1.82) is 0 Å². The van der Waals surface area contributed by atoms with Gasteiger partial charge < -0.3 is 21.8 Å². The lowest BCUT2D eigenvalue weighted by Gasteiger charge is -2.38. The zero-order valence-corrected chi connectivity index (χ0v) is 13.7. The first-order chi connectivity index (χ1) is 8.71. The fraction of sp³-hybridized carbons (Fsp3) is 0.625. The molecular weight excluding hydrogens is 256 g/mol. The van der Waals surface area contributed by atoms with Crippen LogP contribution in [0.2, 0.25) is 0 Å². The lowest BCUT2D eigenvalue weighted by atomic mass is 10.2. The van der Waals surface area contributed by atoms with E-state index in [9.17, 15) is 0 Å². The van der Waals surface area contributed by atoms with E-state index in [4.69, 9.17) is 0 Å². The van der Waals surface area contributed by atoms with E-state index in [0.717, 1.165) is 13.1 Å². The molecule has 0 amide bonds. The van der Waals surface area contributed by atoms with Crippen LogP contribution in [-0.4, -0.2) is 43.8 Å². The second kappa shape index (κ2) is 9.22. The van der Waals surface area contributed by atoms with Gasteiger partial charge in [-0.1, -0.05) is 18.2 Å². The maximum atomic E-state index is 2.48. The highest BCUT2D eigenvalue weighted by molar-refractivity contribution is 5.45. The van der Waals surface area contributed by atoms with Crippen LogP contribution < -0.4 is 17.3 Å². The zero-order chi connectivity index (χ0) is 13.4. The van der Waals surface area contributed by atoms with Crippen molar-refractivity contribution in [2.24, 2.45) is 0 Å². The summed E-state index contributed by atoms with van der Waals surface area (Å²) in [7, 11) is 0. The van der Waals surface area contributed by atoms with Crippen LogP contribution in [0.25, 0.3) is 0 Å². The third-order valence-electron chi connectivity index (χ3n) is 4.36. The summed E-state index contributed by atoms with van der Waals surface area (Å²) in [5.74, 6) is 0. The first kappa shape index (κ1) is 18.3. The van der Waals surface area contributed by atoms with Gasteiger partial charge in [0.1, 0.15) is 0 Å². The molecule has 0 aliphatic heterocycles. The molecule has 1 aromatic rings. The average molecular weight is 285 g/mol. The number of nitrogens with zero attached hydrogens (tertiary/aromatic N) is 2. The molecule has 0 heterocycles. The number of rotatable bonds is 8. The molecule has 0 atom stereocenters. The Hall–Kier alpha value is -0.730. The molecule has 0 bridgehead atoms. The Morgan fingerprint density at radius 2 is 1.42 bits per heavy atom. The smallest absolute Gasteiger partial charge is 0.0964 e. The molecule has 19 heavy (non-hydrogen) atoms. The lowest BCUT2D eigenvalue weighted by Crippen LogP contribution is -3.00. The highest BCUT2D eigenvalue weighted by atomic mass is 35.5. The van der Waals surface area contributed by atoms with E-state index in [2.05, 4.69) is 62.9 Å². The Morgan fingerprint density at radius 3 is 1.84 bits per heavy atom. The van der Waals surface area contributed by atoms with Crippen molar-refractivity contribution in [2.45, 2.75) is 27.7 Å². The number of anilines is 1. The summed E-state index contributed by atoms with van der Waals surface area (Å²) in [5.41, 5.74) is 1.35. The lowest BCUT2D eigenvalue weighted by molar-refractivity contribution is -0.921. The van der Waals surface area contributed by atoms with Crippen LogP contribution >= 0.6 is 0 Å². The molecule has 0 N–H and O–H groups in total. The Bertz CT molecular complexity index is 315. The van der Waals surface area contributed by atoms with Gasteiger partial charge in [-0.25, -0.2) is 0 Å². The summed E-state index contributed by atoms with van der Waals surface area (Å²) in [4.78, 5) is 2.48. The van der Waals surface area contributed by atoms with Gasteiger partial charge in [0.05, 0.1) is 32.7 Å². The third kappa shape index (κ3) is 5.04. The number of quaternary nitrogens is 1. The fourth-order valence-corrected chi connectivity index (χ4v) is 2.59. The molecule has 0 saturated heterocycles. The summed E-state index contributed by atoms with van der Waals surface area (Å²) in [6, 6.07) is 10.8. The molecular formula is C16H29ClN2. The van der Waals surface area contributed by atoms with Gasteiger partial charge in [-0.15, -0.1) is 0 Å². The van der Waals surface area contributed by atoms with Crippen LogP contribution in [0.15, 0.2) is 30.3 Å². The molecule has 0 aliphatic carbocycles. The van der Waals surface area contributed by atoms with Crippen molar-refractivity contribution in [1.82, 2.24) is 0 Å².